The Kier molecular flexibility index (Phi) is 3.36. The molecule has 1 unspecified atom stereocenters. The van der Waals surface area contributed by atoms with E-state index in [1.54, 1.807) is 19.5 Å². The standard InChI is InChI=1S/C15H18N6O/c1-22-12-7-13(14-16-4-5-17-14)21(10-12)9-11-8-20-6-2-3-18-15(20)19-11/h2-6,8,12-13H,7,9-10H2,1H3,(H,16,17)/t12-,13?/m1/s1. The molecule has 1 aliphatic rings. The van der Waals surface area contributed by atoms with Crippen LogP contribution in [0.2, 0.25) is 0 Å². The molecule has 3 aromatic rings. The highest BCUT2D eigenvalue weighted by molar-refractivity contribution is 5.29. The number of fused-ring (bicyclic) bond motifs is 1. The fraction of sp³-hybridized carbons (Fsp3) is 0.400. The van der Waals surface area contributed by atoms with E-state index >= 15 is 0 Å². The summed E-state index contributed by atoms with van der Waals surface area (Å²) in [7, 11) is 1.77. The lowest BCUT2D eigenvalue weighted by Crippen LogP contribution is -2.25. The van der Waals surface area contributed by atoms with Crippen LogP contribution < -0.4 is 0 Å². The Hall–Kier alpha value is -2.25. The highest BCUT2D eigenvalue weighted by Gasteiger charge is 2.35. The van der Waals surface area contributed by atoms with E-state index in [1.165, 1.54) is 0 Å². The largest absolute Gasteiger partial charge is 0.380 e. The van der Waals surface area contributed by atoms with Gasteiger partial charge in [-0.2, -0.15) is 0 Å². The average molecular weight is 298 g/mol. The van der Waals surface area contributed by atoms with Crippen LogP contribution in [-0.4, -0.2) is 49.0 Å². The smallest absolute Gasteiger partial charge is 0.233 e. The summed E-state index contributed by atoms with van der Waals surface area (Å²) in [5.41, 5.74) is 1.01. The number of methoxy groups -OCH3 is 1. The quantitative estimate of drug-likeness (QED) is 0.788. The first-order valence-electron chi connectivity index (χ1n) is 7.38. The summed E-state index contributed by atoms with van der Waals surface area (Å²) in [4.78, 5) is 18.8. The van der Waals surface area contributed by atoms with Gasteiger partial charge in [-0.15, -0.1) is 0 Å². The number of hydrogen-bond acceptors (Lipinski definition) is 5. The molecule has 1 fully saturated rings. The summed E-state index contributed by atoms with van der Waals surface area (Å²) < 4.78 is 7.49. The first-order valence-corrected chi connectivity index (χ1v) is 7.38. The first kappa shape index (κ1) is 13.4. The molecule has 3 aromatic heterocycles. The minimum Gasteiger partial charge on any atom is -0.380 e. The van der Waals surface area contributed by atoms with Gasteiger partial charge in [0.25, 0.3) is 0 Å². The van der Waals surface area contributed by atoms with E-state index in [-0.39, 0.29) is 12.1 Å². The zero-order valence-corrected chi connectivity index (χ0v) is 12.4. The third kappa shape index (κ3) is 2.38. The third-order valence-corrected chi connectivity index (χ3v) is 4.18. The van der Waals surface area contributed by atoms with Crippen LogP contribution in [0, 0.1) is 0 Å². The molecule has 1 aliphatic heterocycles. The minimum absolute atomic E-state index is 0.227. The molecule has 7 nitrogen and oxygen atoms in total. The van der Waals surface area contributed by atoms with E-state index < -0.39 is 0 Å². The van der Waals surface area contributed by atoms with Crippen molar-refractivity contribution in [3.8, 4) is 0 Å². The Labute approximate surface area is 128 Å². The van der Waals surface area contributed by atoms with Gasteiger partial charge in [-0.1, -0.05) is 0 Å². The average Bonchev–Trinajstić information content (AvgIpc) is 3.25. The van der Waals surface area contributed by atoms with Crippen LogP contribution in [0.1, 0.15) is 24.0 Å². The normalized spacial score (nSPS) is 22.6. The predicted octanol–water partition coefficient (Wildman–Crippen LogP) is 1.41. The van der Waals surface area contributed by atoms with E-state index in [4.69, 9.17) is 4.74 Å². The Morgan fingerprint density at radius 1 is 1.36 bits per heavy atom. The molecule has 2 atom stereocenters. The fourth-order valence-corrected chi connectivity index (χ4v) is 3.11. The van der Waals surface area contributed by atoms with Crippen molar-refractivity contribution >= 4 is 5.78 Å². The van der Waals surface area contributed by atoms with Crippen LogP contribution in [0.4, 0.5) is 0 Å². The molecule has 114 valence electrons. The Balaban J connectivity index is 1.59. The lowest BCUT2D eigenvalue weighted by molar-refractivity contribution is 0.107. The van der Waals surface area contributed by atoms with Crippen LogP contribution in [0.15, 0.2) is 37.1 Å². The number of imidazole rings is 2. The van der Waals surface area contributed by atoms with Gasteiger partial charge >= 0.3 is 0 Å². The number of aromatic amines is 1. The summed E-state index contributed by atoms with van der Waals surface area (Å²) in [6, 6.07) is 2.14. The molecule has 4 heterocycles. The van der Waals surface area contributed by atoms with E-state index in [0.29, 0.717) is 0 Å². The van der Waals surface area contributed by atoms with Gasteiger partial charge < -0.3 is 9.72 Å². The van der Waals surface area contributed by atoms with E-state index in [0.717, 1.165) is 36.8 Å². The lowest BCUT2D eigenvalue weighted by Gasteiger charge is -2.21. The summed E-state index contributed by atoms with van der Waals surface area (Å²) >= 11 is 0. The zero-order chi connectivity index (χ0) is 14.9. The predicted molar refractivity (Wildman–Crippen MR) is 80.1 cm³/mol. The molecule has 0 aliphatic carbocycles. The number of likely N-dealkylation sites (tertiary alicyclic amines) is 1. The van der Waals surface area contributed by atoms with Crippen molar-refractivity contribution in [2.24, 2.45) is 0 Å². The van der Waals surface area contributed by atoms with Crippen LogP contribution >= 0.6 is 0 Å². The van der Waals surface area contributed by atoms with Crippen LogP contribution in [0.5, 0.6) is 0 Å². The van der Waals surface area contributed by atoms with Gasteiger partial charge in [-0.25, -0.2) is 15.0 Å². The fourth-order valence-electron chi connectivity index (χ4n) is 3.11. The van der Waals surface area contributed by atoms with Gasteiger partial charge in [0.2, 0.25) is 5.78 Å². The van der Waals surface area contributed by atoms with Crippen molar-refractivity contribution in [2.45, 2.75) is 25.1 Å². The summed E-state index contributed by atoms with van der Waals surface area (Å²) in [6.45, 7) is 1.64. The van der Waals surface area contributed by atoms with E-state index in [2.05, 4.69) is 24.8 Å². The summed E-state index contributed by atoms with van der Waals surface area (Å²) in [6.07, 6.45) is 10.6. The zero-order valence-electron chi connectivity index (χ0n) is 12.4. The van der Waals surface area contributed by atoms with Crippen molar-refractivity contribution in [1.29, 1.82) is 0 Å². The number of hydrogen-bond donors (Lipinski definition) is 1. The molecule has 0 saturated carbocycles. The molecule has 0 bridgehead atoms. The SMILES string of the molecule is CO[C@@H]1CC(c2ncc[nH]2)N(Cc2cn3cccnc3n2)C1. The van der Waals surface area contributed by atoms with Crippen LogP contribution in [0.25, 0.3) is 5.78 Å². The number of nitrogens with zero attached hydrogens (tertiary/aromatic N) is 5. The third-order valence-electron chi connectivity index (χ3n) is 4.18. The number of H-pyrrole nitrogens is 1. The molecule has 1 N–H and O–H groups in total. The van der Waals surface area contributed by atoms with E-state index in [9.17, 15) is 0 Å². The Bertz CT molecular complexity index is 719. The molecule has 0 amide bonds. The van der Waals surface area contributed by atoms with Gasteiger partial charge in [-0.05, 0) is 12.5 Å². The van der Waals surface area contributed by atoms with Crippen molar-refractivity contribution in [2.75, 3.05) is 13.7 Å². The topological polar surface area (TPSA) is 71.3 Å². The van der Waals surface area contributed by atoms with Crippen LogP contribution in [0.3, 0.4) is 0 Å². The molecule has 1 saturated heterocycles. The van der Waals surface area contributed by atoms with Gasteiger partial charge in [0.1, 0.15) is 5.82 Å². The molecular formula is C15H18N6O. The molecule has 7 heteroatoms. The maximum Gasteiger partial charge on any atom is 0.233 e. The molecule has 0 radical (unpaired) electrons. The molecular weight excluding hydrogens is 280 g/mol. The maximum absolute atomic E-state index is 5.55. The second-order valence-corrected chi connectivity index (χ2v) is 5.57. The van der Waals surface area contributed by atoms with Gasteiger partial charge in [0, 0.05) is 51.2 Å². The highest BCUT2D eigenvalue weighted by atomic mass is 16.5. The van der Waals surface area contributed by atoms with Gasteiger partial charge in [0.15, 0.2) is 0 Å². The van der Waals surface area contributed by atoms with Crippen molar-refractivity contribution < 1.29 is 4.74 Å². The second-order valence-electron chi connectivity index (χ2n) is 5.57. The molecule has 22 heavy (non-hydrogen) atoms. The highest BCUT2D eigenvalue weighted by Crippen LogP contribution is 2.32. The van der Waals surface area contributed by atoms with Crippen molar-refractivity contribution in [1.82, 2.24) is 29.2 Å². The maximum atomic E-state index is 5.55. The number of aromatic nitrogens is 5. The summed E-state index contributed by atoms with van der Waals surface area (Å²) in [5, 5.41) is 0. The minimum atomic E-state index is 0.227. The van der Waals surface area contributed by atoms with Crippen molar-refractivity contribution in [3.05, 3.63) is 48.6 Å². The number of ether oxygens (including phenoxy) is 1. The number of rotatable bonds is 4. The molecule has 4 rings (SSSR count). The van der Waals surface area contributed by atoms with Crippen molar-refractivity contribution in [3.63, 3.8) is 0 Å². The lowest BCUT2D eigenvalue weighted by atomic mass is 10.2. The Morgan fingerprint density at radius 2 is 2.32 bits per heavy atom. The van der Waals surface area contributed by atoms with Gasteiger partial charge in [0.05, 0.1) is 17.8 Å². The molecule has 0 spiro atoms. The number of nitrogens with one attached hydrogen (secondary N) is 1. The second kappa shape index (κ2) is 5.51. The Morgan fingerprint density at radius 3 is 3.09 bits per heavy atom. The van der Waals surface area contributed by atoms with E-state index in [1.807, 2.05) is 29.1 Å². The first-order chi connectivity index (χ1) is 10.8. The summed E-state index contributed by atoms with van der Waals surface area (Å²) in [5.74, 6) is 1.72. The monoisotopic (exact) mass is 298 g/mol. The van der Waals surface area contributed by atoms with Gasteiger partial charge in [-0.3, -0.25) is 9.30 Å². The molecule has 0 aromatic carbocycles. The van der Waals surface area contributed by atoms with Crippen LogP contribution in [-0.2, 0) is 11.3 Å².